The molecule has 0 heterocycles. The van der Waals surface area contributed by atoms with Crippen molar-refractivity contribution in [3.8, 4) is 0 Å². The van der Waals surface area contributed by atoms with E-state index < -0.39 is 0 Å². The number of allylic oxidation sites excluding steroid dienone is 4. The second-order valence-electron chi connectivity index (χ2n) is 9.99. The van der Waals surface area contributed by atoms with E-state index in [-0.39, 0.29) is 22.5 Å². The number of carbonyl (C=O) groups excluding carboxylic acids is 2. The molecule has 3 fully saturated rings. The molecule has 0 amide bonds. The number of hydrogen-bond acceptors (Lipinski definition) is 3. The normalized spacial score (nSPS) is 40.8. The van der Waals surface area contributed by atoms with E-state index in [1.807, 2.05) is 6.08 Å². The second kappa shape index (κ2) is 6.97. The van der Waals surface area contributed by atoms with Gasteiger partial charge in [-0.1, -0.05) is 55.8 Å². The summed E-state index contributed by atoms with van der Waals surface area (Å²) in [7, 11) is 0. The largest absolute Gasteiger partial charge is 0.299 e. The lowest BCUT2D eigenvalue weighted by molar-refractivity contribution is -0.140. The summed E-state index contributed by atoms with van der Waals surface area (Å²) in [6.07, 6.45) is 10.8. The van der Waals surface area contributed by atoms with Crippen molar-refractivity contribution in [1.82, 2.24) is 0 Å². The molecule has 0 N–H and O–H groups in total. The summed E-state index contributed by atoms with van der Waals surface area (Å²) in [5.41, 5.74) is 2.44. The highest BCUT2D eigenvalue weighted by atomic mass is 32.2. The van der Waals surface area contributed by atoms with Crippen LogP contribution < -0.4 is 0 Å². The molecule has 4 aliphatic carbocycles. The topological polar surface area (TPSA) is 34.1 Å². The molecule has 0 radical (unpaired) electrons. The van der Waals surface area contributed by atoms with E-state index in [2.05, 4.69) is 62.0 Å². The first-order valence-corrected chi connectivity index (χ1v) is 12.1. The molecule has 0 spiro atoms. The van der Waals surface area contributed by atoms with Crippen molar-refractivity contribution in [3.63, 3.8) is 0 Å². The van der Waals surface area contributed by atoms with Crippen molar-refractivity contribution in [2.75, 3.05) is 0 Å². The summed E-state index contributed by atoms with van der Waals surface area (Å²) in [4.78, 5) is 25.5. The number of rotatable bonds is 3. The van der Waals surface area contributed by atoms with E-state index in [0.717, 1.165) is 18.6 Å². The first kappa shape index (κ1) is 19.4. The summed E-state index contributed by atoms with van der Waals surface area (Å²) in [5, 5.41) is 0.561. The van der Waals surface area contributed by atoms with E-state index >= 15 is 0 Å². The fraction of sp³-hybridized carbons (Fsp3) is 0.538. The van der Waals surface area contributed by atoms with Crippen LogP contribution in [-0.2, 0) is 15.3 Å². The minimum absolute atomic E-state index is 0.0581. The third-order valence-electron chi connectivity index (χ3n) is 8.46. The van der Waals surface area contributed by atoms with Crippen LogP contribution in [0.3, 0.4) is 0 Å². The molecule has 5 rings (SSSR count). The van der Waals surface area contributed by atoms with E-state index in [1.54, 1.807) is 6.08 Å². The Morgan fingerprint density at radius 3 is 2.66 bits per heavy atom. The van der Waals surface area contributed by atoms with Crippen molar-refractivity contribution < 1.29 is 9.59 Å². The van der Waals surface area contributed by atoms with Gasteiger partial charge in [-0.15, -0.1) is 0 Å². The molecule has 1 aromatic carbocycles. The van der Waals surface area contributed by atoms with Gasteiger partial charge in [-0.2, -0.15) is 11.8 Å². The van der Waals surface area contributed by atoms with E-state index in [0.29, 0.717) is 29.3 Å². The van der Waals surface area contributed by atoms with Gasteiger partial charge in [-0.3, -0.25) is 9.59 Å². The third-order valence-corrected chi connectivity index (χ3v) is 10.1. The Kier molecular flexibility index (Phi) is 4.66. The van der Waals surface area contributed by atoms with Gasteiger partial charge in [0.25, 0.3) is 0 Å². The number of thioether (sulfide) groups is 1. The number of carbonyl (C=O) groups is 2. The maximum Gasteiger partial charge on any atom is 0.178 e. The van der Waals surface area contributed by atoms with Crippen LogP contribution in [-0.4, -0.2) is 16.8 Å². The van der Waals surface area contributed by atoms with Crippen molar-refractivity contribution in [2.24, 2.45) is 28.6 Å². The Balaban J connectivity index is 1.40. The summed E-state index contributed by atoms with van der Waals surface area (Å²) in [5.74, 6) is 2.70. The molecule has 0 aliphatic heterocycles. The minimum atomic E-state index is -0.246. The van der Waals surface area contributed by atoms with Crippen LogP contribution in [0.1, 0.15) is 51.5 Å². The molecule has 0 bridgehead atoms. The Hall–Kier alpha value is -1.61. The minimum Gasteiger partial charge on any atom is -0.299 e. The zero-order valence-electron chi connectivity index (χ0n) is 17.4. The highest BCUT2D eigenvalue weighted by Gasteiger charge is 2.61. The summed E-state index contributed by atoms with van der Waals surface area (Å²) >= 11 is 2.06. The SMILES string of the molecule is C[C@]12C=CC(=O)C=C1CCC1C2C(=O)C[C@@]2(C)C1CC[C@H]2SCc1ccccc1. The molecule has 3 unspecified atom stereocenters. The Labute approximate surface area is 178 Å². The number of benzene rings is 1. The van der Waals surface area contributed by atoms with Gasteiger partial charge < -0.3 is 0 Å². The Morgan fingerprint density at radius 2 is 1.86 bits per heavy atom. The first-order chi connectivity index (χ1) is 13.9. The van der Waals surface area contributed by atoms with Gasteiger partial charge in [-0.25, -0.2) is 0 Å². The van der Waals surface area contributed by atoms with Gasteiger partial charge in [0, 0.05) is 28.8 Å². The predicted molar refractivity (Wildman–Crippen MR) is 119 cm³/mol. The lowest BCUT2D eigenvalue weighted by Crippen LogP contribution is -2.54. The highest BCUT2D eigenvalue weighted by molar-refractivity contribution is 7.99. The molecule has 2 nitrogen and oxygen atoms in total. The molecule has 3 heteroatoms. The van der Waals surface area contributed by atoms with Gasteiger partial charge in [0.05, 0.1) is 0 Å². The van der Waals surface area contributed by atoms with Gasteiger partial charge in [0.15, 0.2) is 5.78 Å². The average molecular weight is 407 g/mol. The van der Waals surface area contributed by atoms with Crippen LogP contribution in [0, 0.1) is 28.6 Å². The molecule has 152 valence electrons. The molecule has 6 atom stereocenters. The van der Waals surface area contributed by atoms with Gasteiger partial charge in [-0.05, 0) is 60.6 Å². The maximum absolute atomic E-state index is 13.6. The van der Waals surface area contributed by atoms with Crippen LogP contribution >= 0.6 is 11.8 Å². The van der Waals surface area contributed by atoms with E-state index in [4.69, 9.17) is 0 Å². The molecular formula is C26H30O2S. The number of hydrogen-bond donors (Lipinski definition) is 0. The van der Waals surface area contributed by atoms with Crippen LogP contribution in [0.2, 0.25) is 0 Å². The molecule has 1 aromatic rings. The van der Waals surface area contributed by atoms with Gasteiger partial charge in [0.1, 0.15) is 5.78 Å². The molecule has 3 saturated carbocycles. The second-order valence-corrected chi connectivity index (χ2v) is 11.2. The molecule has 4 aliphatic rings. The number of Topliss-reactive ketones (excluding diaryl/α,β-unsaturated/α-hetero) is 1. The van der Waals surface area contributed by atoms with Gasteiger partial charge in [0.2, 0.25) is 0 Å². The van der Waals surface area contributed by atoms with Crippen molar-refractivity contribution in [1.29, 1.82) is 0 Å². The van der Waals surface area contributed by atoms with Crippen LogP contribution in [0.15, 0.2) is 54.1 Å². The zero-order valence-corrected chi connectivity index (χ0v) is 18.2. The van der Waals surface area contributed by atoms with Crippen LogP contribution in [0.5, 0.6) is 0 Å². The average Bonchev–Trinajstić information content (AvgIpc) is 3.03. The van der Waals surface area contributed by atoms with E-state index in [1.165, 1.54) is 24.0 Å². The third kappa shape index (κ3) is 3.00. The zero-order chi connectivity index (χ0) is 20.2. The first-order valence-electron chi connectivity index (χ1n) is 11.0. The fourth-order valence-electron chi connectivity index (χ4n) is 7.03. The summed E-state index contributed by atoms with van der Waals surface area (Å²) in [6.45, 7) is 4.60. The van der Waals surface area contributed by atoms with Crippen molar-refractivity contribution >= 4 is 23.3 Å². The lowest BCUT2D eigenvalue weighted by Gasteiger charge is -2.55. The molecule has 29 heavy (non-hydrogen) atoms. The van der Waals surface area contributed by atoms with Gasteiger partial charge >= 0.3 is 0 Å². The predicted octanol–water partition coefficient (Wildman–Crippen LogP) is 5.78. The number of ketones is 2. The van der Waals surface area contributed by atoms with Crippen LogP contribution in [0.25, 0.3) is 0 Å². The smallest absolute Gasteiger partial charge is 0.178 e. The quantitative estimate of drug-likeness (QED) is 0.638. The Morgan fingerprint density at radius 1 is 1.07 bits per heavy atom. The van der Waals surface area contributed by atoms with Crippen LogP contribution in [0.4, 0.5) is 0 Å². The molecule has 0 saturated heterocycles. The summed E-state index contributed by atoms with van der Waals surface area (Å²) in [6, 6.07) is 10.7. The van der Waals surface area contributed by atoms with Crippen molar-refractivity contribution in [3.05, 3.63) is 59.7 Å². The Bertz CT molecular complexity index is 901. The molecule has 0 aromatic heterocycles. The highest BCUT2D eigenvalue weighted by Crippen LogP contribution is 2.65. The van der Waals surface area contributed by atoms with Crippen molar-refractivity contribution in [2.45, 2.75) is 57.0 Å². The monoisotopic (exact) mass is 406 g/mol. The number of fused-ring (bicyclic) bond motifs is 5. The maximum atomic E-state index is 13.6. The summed E-state index contributed by atoms with van der Waals surface area (Å²) < 4.78 is 0. The molecular weight excluding hydrogens is 376 g/mol. The standard InChI is InChI=1S/C26H30O2S/c1-25-13-12-19(27)14-18(25)8-9-20-21-10-11-23(26(21,2)15-22(28)24(20)25)29-16-17-6-4-3-5-7-17/h3-7,12-14,20-21,23-24H,8-11,15-16H2,1-2H3/t20?,21?,23-,24?,25+,26+/m1/s1. The lowest BCUT2D eigenvalue weighted by atomic mass is 9.48. The fourth-order valence-corrected chi connectivity index (χ4v) is 8.56. The van der Waals surface area contributed by atoms with E-state index in [9.17, 15) is 9.59 Å².